The van der Waals surface area contributed by atoms with Crippen molar-refractivity contribution in [3.63, 3.8) is 0 Å². The first-order chi connectivity index (χ1) is 13.5. The van der Waals surface area contributed by atoms with Gasteiger partial charge in [0.15, 0.2) is 5.96 Å². The van der Waals surface area contributed by atoms with Gasteiger partial charge in [-0.25, -0.2) is 4.99 Å². The molecule has 0 saturated heterocycles. The van der Waals surface area contributed by atoms with Crippen LogP contribution in [0.15, 0.2) is 29.3 Å². The van der Waals surface area contributed by atoms with Crippen molar-refractivity contribution in [3.05, 3.63) is 29.8 Å². The first-order valence-electron chi connectivity index (χ1n) is 10.2. The molecule has 8 heteroatoms. The van der Waals surface area contributed by atoms with Crippen molar-refractivity contribution in [2.45, 2.75) is 46.6 Å². The normalized spacial score (nSPS) is 14.4. The molecule has 2 rings (SSSR count). The van der Waals surface area contributed by atoms with E-state index in [0.29, 0.717) is 25.6 Å². The van der Waals surface area contributed by atoms with Gasteiger partial charge in [-0.15, -0.1) is 24.0 Å². The third-order valence-electron chi connectivity index (χ3n) is 4.68. The Labute approximate surface area is 190 Å². The molecule has 2 amide bonds. The number of rotatable bonds is 10. The van der Waals surface area contributed by atoms with Crippen LogP contribution >= 0.6 is 24.0 Å². The Kier molecular flexibility index (Phi) is 11.6. The fraction of sp³-hybridized carbons (Fsp3) is 0.571. The standard InChI is InChI=1S/C21H33N5O2.HI/c1-4-15(3)19(27)26-18-8-6-7-16(13-18)14-25-21(22-5-2)24-12-11-23-20(28)17-9-10-17;/h6-8,13,15,17H,4-5,9-12,14H2,1-3H3,(H,23,28)(H,26,27)(H2,22,24,25);1H. The van der Waals surface area contributed by atoms with Crippen LogP contribution in [-0.2, 0) is 16.1 Å². The number of anilines is 1. The highest BCUT2D eigenvalue weighted by Crippen LogP contribution is 2.28. The maximum absolute atomic E-state index is 12.1. The molecule has 1 aliphatic rings. The molecular formula is C21H34IN5O2. The van der Waals surface area contributed by atoms with Crippen LogP contribution in [0.25, 0.3) is 0 Å². The number of benzene rings is 1. The van der Waals surface area contributed by atoms with E-state index in [-0.39, 0.29) is 47.6 Å². The quantitative estimate of drug-likeness (QED) is 0.167. The Morgan fingerprint density at radius 2 is 1.86 bits per heavy atom. The molecular weight excluding hydrogens is 481 g/mol. The number of halogens is 1. The van der Waals surface area contributed by atoms with E-state index in [2.05, 4.69) is 26.3 Å². The smallest absolute Gasteiger partial charge is 0.227 e. The van der Waals surface area contributed by atoms with Crippen molar-refractivity contribution in [3.8, 4) is 0 Å². The van der Waals surface area contributed by atoms with Crippen LogP contribution in [0, 0.1) is 11.8 Å². The average Bonchev–Trinajstić information content (AvgIpc) is 3.54. The van der Waals surface area contributed by atoms with Crippen LogP contribution in [0.1, 0.15) is 45.6 Å². The maximum atomic E-state index is 12.1. The lowest BCUT2D eigenvalue weighted by Gasteiger charge is -2.13. The number of nitrogens with zero attached hydrogens (tertiary/aromatic N) is 1. The van der Waals surface area contributed by atoms with E-state index in [4.69, 9.17) is 0 Å². The van der Waals surface area contributed by atoms with Gasteiger partial charge in [-0.1, -0.05) is 26.0 Å². The molecule has 0 aliphatic heterocycles. The number of amides is 2. The van der Waals surface area contributed by atoms with E-state index >= 15 is 0 Å². The van der Waals surface area contributed by atoms with Crippen LogP contribution in [0.2, 0.25) is 0 Å². The van der Waals surface area contributed by atoms with Crippen LogP contribution in [0.3, 0.4) is 0 Å². The SMILES string of the molecule is CCNC(=NCc1cccc(NC(=O)C(C)CC)c1)NCCNC(=O)C1CC1.I. The summed E-state index contributed by atoms with van der Waals surface area (Å²) in [7, 11) is 0. The first kappa shape index (κ1) is 25.2. The summed E-state index contributed by atoms with van der Waals surface area (Å²) in [5, 5.41) is 12.3. The van der Waals surface area contributed by atoms with Crippen LogP contribution < -0.4 is 21.3 Å². The lowest BCUT2D eigenvalue weighted by atomic mass is 10.1. The Bertz CT molecular complexity index is 691. The van der Waals surface area contributed by atoms with Gasteiger partial charge in [-0.3, -0.25) is 9.59 Å². The van der Waals surface area contributed by atoms with Crippen molar-refractivity contribution in [2.75, 3.05) is 25.0 Å². The largest absolute Gasteiger partial charge is 0.357 e. The van der Waals surface area contributed by atoms with Crippen LogP contribution in [0.5, 0.6) is 0 Å². The first-order valence-corrected chi connectivity index (χ1v) is 10.2. The highest BCUT2D eigenvalue weighted by Gasteiger charge is 2.28. The number of hydrogen-bond donors (Lipinski definition) is 4. The van der Waals surface area contributed by atoms with E-state index in [1.54, 1.807) is 0 Å². The fourth-order valence-electron chi connectivity index (χ4n) is 2.57. The van der Waals surface area contributed by atoms with Crippen molar-refractivity contribution in [2.24, 2.45) is 16.8 Å². The van der Waals surface area contributed by atoms with E-state index in [1.165, 1.54) is 0 Å². The van der Waals surface area contributed by atoms with Crippen LogP contribution in [0.4, 0.5) is 5.69 Å². The number of nitrogens with one attached hydrogen (secondary N) is 4. The molecule has 1 unspecified atom stereocenters. The molecule has 1 aliphatic carbocycles. The van der Waals surface area contributed by atoms with E-state index < -0.39 is 0 Å². The second-order valence-corrected chi connectivity index (χ2v) is 7.19. The van der Waals surface area contributed by atoms with E-state index in [9.17, 15) is 9.59 Å². The van der Waals surface area contributed by atoms with E-state index in [0.717, 1.165) is 37.1 Å². The summed E-state index contributed by atoms with van der Waals surface area (Å²) in [5.41, 5.74) is 1.81. The molecule has 0 spiro atoms. The van der Waals surface area contributed by atoms with Gasteiger partial charge >= 0.3 is 0 Å². The minimum absolute atomic E-state index is 0. The third kappa shape index (κ3) is 9.47. The molecule has 162 valence electrons. The summed E-state index contributed by atoms with van der Waals surface area (Å²) in [6.07, 6.45) is 2.84. The van der Waals surface area contributed by atoms with Gasteiger partial charge in [0.1, 0.15) is 0 Å². The second-order valence-electron chi connectivity index (χ2n) is 7.19. The monoisotopic (exact) mass is 515 g/mol. The van der Waals surface area contributed by atoms with Gasteiger partial charge in [-0.2, -0.15) is 0 Å². The molecule has 1 saturated carbocycles. The molecule has 1 fully saturated rings. The Morgan fingerprint density at radius 1 is 1.14 bits per heavy atom. The van der Waals surface area contributed by atoms with Crippen molar-refractivity contribution < 1.29 is 9.59 Å². The van der Waals surface area contributed by atoms with Gasteiger partial charge < -0.3 is 21.3 Å². The Morgan fingerprint density at radius 3 is 2.52 bits per heavy atom. The molecule has 1 aromatic carbocycles. The van der Waals surface area contributed by atoms with Crippen molar-refractivity contribution >= 4 is 47.4 Å². The number of hydrogen-bond acceptors (Lipinski definition) is 3. The summed E-state index contributed by atoms with van der Waals surface area (Å²) in [5.74, 6) is 1.12. The zero-order valence-corrected chi connectivity index (χ0v) is 19.9. The summed E-state index contributed by atoms with van der Waals surface area (Å²) >= 11 is 0. The topological polar surface area (TPSA) is 94.6 Å². The summed E-state index contributed by atoms with van der Waals surface area (Å²) in [6, 6.07) is 7.75. The van der Waals surface area contributed by atoms with Gasteiger partial charge in [0.2, 0.25) is 11.8 Å². The van der Waals surface area contributed by atoms with Gasteiger partial charge in [0.05, 0.1) is 6.54 Å². The molecule has 0 radical (unpaired) electrons. The molecule has 1 aromatic rings. The van der Waals surface area contributed by atoms with Crippen molar-refractivity contribution in [1.29, 1.82) is 0 Å². The molecule has 0 bridgehead atoms. The van der Waals surface area contributed by atoms with E-state index in [1.807, 2.05) is 45.0 Å². The highest BCUT2D eigenvalue weighted by atomic mass is 127. The summed E-state index contributed by atoms with van der Waals surface area (Å²) in [4.78, 5) is 28.3. The average molecular weight is 515 g/mol. The number of carbonyl (C=O) groups excluding carboxylic acids is 2. The van der Waals surface area contributed by atoms with Gasteiger partial charge in [0, 0.05) is 37.2 Å². The highest BCUT2D eigenvalue weighted by molar-refractivity contribution is 14.0. The lowest BCUT2D eigenvalue weighted by molar-refractivity contribution is -0.122. The minimum Gasteiger partial charge on any atom is -0.357 e. The van der Waals surface area contributed by atoms with Crippen LogP contribution in [-0.4, -0.2) is 37.4 Å². The Hall–Kier alpha value is -1.84. The molecule has 0 aromatic heterocycles. The molecule has 1 atom stereocenters. The maximum Gasteiger partial charge on any atom is 0.227 e. The van der Waals surface area contributed by atoms with Gasteiger partial charge in [-0.05, 0) is 43.9 Å². The number of guanidine groups is 1. The minimum atomic E-state index is -0.00774. The summed E-state index contributed by atoms with van der Waals surface area (Å²) in [6.45, 7) is 8.39. The third-order valence-corrected chi connectivity index (χ3v) is 4.68. The zero-order chi connectivity index (χ0) is 20.4. The number of aliphatic imine (C=N–C) groups is 1. The Balaban J connectivity index is 0.00000420. The number of carbonyl (C=O) groups is 2. The van der Waals surface area contributed by atoms with Crippen molar-refractivity contribution in [1.82, 2.24) is 16.0 Å². The zero-order valence-electron chi connectivity index (χ0n) is 17.6. The molecule has 4 N–H and O–H groups in total. The predicted molar refractivity (Wildman–Crippen MR) is 128 cm³/mol. The molecule has 29 heavy (non-hydrogen) atoms. The lowest BCUT2D eigenvalue weighted by Crippen LogP contribution is -2.41. The van der Waals surface area contributed by atoms with Gasteiger partial charge in [0.25, 0.3) is 0 Å². The fourth-order valence-corrected chi connectivity index (χ4v) is 2.57. The second kappa shape index (κ2) is 13.4. The molecule has 7 nitrogen and oxygen atoms in total. The summed E-state index contributed by atoms with van der Waals surface area (Å²) < 4.78 is 0. The molecule has 0 heterocycles. The predicted octanol–water partition coefficient (Wildman–Crippen LogP) is 2.87.